The Bertz CT molecular complexity index is 313. The Morgan fingerprint density at radius 2 is 2.06 bits per heavy atom. The van der Waals surface area contributed by atoms with Crippen molar-refractivity contribution in [2.24, 2.45) is 0 Å². The lowest BCUT2D eigenvalue weighted by Crippen LogP contribution is -2.62. The van der Waals surface area contributed by atoms with Crippen molar-refractivity contribution in [2.75, 3.05) is 39.8 Å². The molecule has 0 aromatic rings. The highest BCUT2D eigenvalue weighted by molar-refractivity contribution is 5.88. The summed E-state index contributed by atoms with van der Waals surface area (Å²) in [5.74, 6) is 0.0487. The minimum Gasteiger partial charge on any atom is -0.342 e. The fourth-order valence-electron chi connectivity index (χ4n) is 2.12. The van der Waals surface area contributed by atoms with E-state index < -0.39 is 0 Å². The molecular weight excluding hydrogens is 220 g/mol. The van der Waals surface area contributed by atoms with Crippen LogP contribution in [-0.2, 0) is 9.59 Å². The minimum absolute atomic E-state index is 0.0155. The van der Waals surface area contributed by atoms with Gasteiger partial charge in [-0.2, -0.15) is 0 Å². The van der Waals surface area contributed by atoms with E-state index in [-0.39, 0.29) is 24.4 Å². The molecule has 0 aromatic carbocycles. The maximum Gasteiger partial charge on any atom is 0.241 e. The van der Waals surface area contributed by atoms with Gasteiger partial charge in [-0.25, -0.2) is 0 Å². The molecule has 2 saturated heterocycles. The molecule has 2 heterocycles. The van der Waals surface area contributed by atoms with Crippen LogP contribution in [0.25, 0.3) is 0 Å². The molecule has 2 unspecified atom stereocenters. The molecule has 0 saturated carbocycles. The van der Waals surface area contributed by atoms with E-state index in [9.17, 15) is 9.59 Å². The van der Waals surface area contributed by atoms with Crippen molar-refractivity contribution in [2.45, 2.75) is 19.0 Å². The van der Waals surface area contributed by atoms with Gasteiger partial charge in [0.15, 0.2) is 0 Å². The highest BCUT2D eigenvalue weighted by atomic mass is 16.2. The Morgan fingerprint density at radius 1 is 1.29 bits per heavy atom. The van der Waals surface area contributed by atoms with E-state index in [1.807, 2.05) is 0 Å². The van der Waals surface area contributed by atoms with Crippen molar-refractivity contribution in [3.63, 3.8) is 0 Å². The average molecular weight is 240 g/mol. The van der Waals surface area contributed by atoms with Gasteiger partial charge in [0.2, 0.25) is 11.8 Å². The van der Waals surface area contributed by atoms with Crippen LogP contribution in [-0.4, -0.2) is 73.5 Å². The molecule has 17 heavy (non-hydrogen) atoms. The van der Waals surface area contributed by atoms with E-state index in [0.717, 1.165) is 6.54 Å². The van der Waals surface area contributed by atoms with E-state index in [4.69, 9.17) is 0 Å². The molecular formula is C11H20N4O2. The van der Waals surface area contributed by atoms with Gasteiger partial charge in [0, 0.05) is 39.3 Å². The zero-order valence-electron chi connectivity index (χ0n) is 10.4. The highest BCUT2D eigenvalue weighted by Gasteiger charge is 2.31. The van der Waals surface area contributed by atoms with Gasteiger partial charge in [-0.1, -0.05) is 0 Å². The second-order valence-electron chi connectivity index (χ2n) is 4.85. The smallest absolute Gasteiger partial charge is 0.241 e. The standard InChI is InChI=1S/C11H20N4O2/c1-8-5-13-9(6-12-8)11(17)15-4-3-14(2)10(16)7-15/h8-9,12-13H,3-7H2,1-2H3. The molecule has 6 nitrogen and oxygen atoms in total. The first-order chi connectivity index (χ1) is 8.08. The zero-order chi connectivity index (χ0) is 12.4. The van der Waals surface area contributed by atoms with Gasteiger partial charge in [-0.05, 0) is 6.92 Å². The number of nitrogens with one attached hydrogen (secondary N) is 2. The second-order valence-corrected chi connectivity index (χ2v) is 4.85. The third-order valence-corrected chi connectivity index (χ3v) is 3.41. The van der Waals surface area contributed by atoms with Gasteiger partial charge in [-0.15, -0.1) is 0 Å². The quantitative estimate of drug-likeness (QED) is 0.570. The number of likely N-dealkylation sites (N-methyl/N-ethyl adjacent to an activating group) is 1. The monoisotopic (exact) mass is 240 g/mol. The number of amides is 2. The summed E-state index contributed by atoms with van der Waals surface area (Å²) in [4.78, 5) is 27.0. The number of hydrogen-bond donors (Lipinski definition) is 2. The molecule has 2 fully saturated rings. The molecule has 2 N–H and O–H groups in total. The molecule has 0 spiro atoms. The third-order valence-electron chi connectivity index (χ3n) is 3.41. The topological polar surface area (TPSA) is 64.7 Å². The molecule has 6 heteroatoms. The van der Waals surface area contributed by atoms with Crippen LogP contribution in [0.3, 0.4) is 0 Å². The van der Waals surface area contributed by atoms with E-state index >= 15 is 0 Å². The number of hydrogen-bond acceptors (Lipinski definition) is 4. The Balaban J connectivity index is 1.89. The molecule has 2 rings (SSSR count). The molecule has 0 aliphatic carbocycles. The van der Waals surface area contributed by atoms with Crippen molar-refractivity contribution in [1.29, 1.82) is 0 Å². The van der Waals surface area contributed by atoms with E-state index in [2.05, 4.69) is 17.6 Å². The minimum atomic E-state index is -0.192. The van der Waals surface area contributed by atoms with Gasteiger partial charge in [0.05, 0.1) is 12.6 Å². The Morgan fingerprint density at radius 3 is 2.65 bits per heavy atom. The summed E-state index contributed by atoms with van der Waals surface area (Å²) >= 11 is 0. The van der Waals surface area contributed by atoms with Gasteiger partial charge < -0.3 is 20.4 Å². The summed E-state index contributed by atoms with van der Waals surface area (Å²) in [6.07, 6.45) is 0. The first-order valence-electron chi connectivity index (χ1n) is 6.07. The summed E-state index contributed by atoms with van der Waals surface area (Å²) in [5.41, 5.74) is 0. The fourth-order valence-corrected chi connectivity index (χ4v) is 2.12. The SMILES string of the molecule is CC1CNC(C(=O)N2CCN(C)C(=O)C2)CN1. The summed E-state index contributed by atoms with van der Waals surface area (Å²) in [5, 5.41) is 6.48. The first-order valence-corrected chi connectivity index (χ1v) is 6.07. The Kier molecular flexibility index (Phi) is 3.63. The normalized spacial score (nSPS) is 30.6. The van der Waals surface area contributed by atoms with Crippen molar-refractivity contribution in [3.8, 4) is 0 Å². The number of piperazine rings is 2. The predicted octanol–water partition coefficient (Wildman–Crippen LogP) is -1.76. The van der Waals surface area contributed by atoms with Crippen molar-refractivity contribution in [3.05, 3.63) is 0 Å². The lowest BCUT2D eigenvalue weighted by molar-refractivity contribution is -0.145. The summed E-state index contributed by atoms with van der Waals surface area (Å²) < 4.78 is 0. The maximum absolute atomic E-state index is 12.2. The van der Waals surface area contributed by atoms with Gasteiger partial charge in [0.25, 0.3) is 0 Å². The molecule has 2 atom stereocenters. The lowest BCUT2D eigenvalue weighted by atomic mass is 10.1. The largest absolute Gasteiger partial charge is 0.342 e. The average Bonchev–Trinajstić information content (AvgIpc) is 2.33. The van der Waals surface area contributed by atoms with Crippen molar-refractivity contribution >= 4 is 11.8 Å². The maximum atomic E-state index is 12.2. The number of nitrogens with zero attached hydrogens (tertiary/aromatic N) is 2. The van der Waals surface area contributed by atoms with Gasteiger partial charge in [-0.3, -0.25) is 9.59 Å². The summed E-state index contributed by atoms with van der Waals surface area (Å²) in [7, 11) is 1.77. The number of carbonyl (C=O) groups is 2. The Hall–Kier alpha value is -1.14. The van der Waals surface area contributed by atoms with Gasteiger partial charge >= 0.3 is 0 Å². The van der Waals surface area contributed by atoms with Crippen molar-refractivity contribution < 1.29 is 9.59 Å². The molecule has 0 aromatic heterocycles. The van der Waals surface area contributed by atoms with Crippen LogP contribution in [0.1, 0.15) is 6.92 Å². The van der Waals surface area contributed by atoms with Crippen LogP contribution >= 0.6 is 0 Å². The molecule has 2 aliphatic heterocycles. The van der Waals surface area contributed by atoms with Crippen LogP contribution in [0.15, 0.2) is 0 Å². The van der Waals surface area contributed by atoms with Crippen molar-refractivity contribution in [1.82, 2.24) is 20.4 Å². The Labute approximate surface area is 101 Å². The fraction of sp³-hybridized carbons (Fsp3) is 0.818. The van der Waals surface area contributed by atoms with E-state index in [0.29, 0.717) is 25.7 Å². The lowest BCUT2D eigenvalue weighted by Gasteiger charge is -2.36. The van der Waals surface area contributed by atoms with Crippen LogP contribution in [0, 0.1) is 0 Å². The first kappa shape index (κ1) is 12.3. The number of rotatable bonds is 1. The predicted molar refractivity (Wildman–Crippen MR) is 63.5 cm³/mol. The number of carbonyl (C=O) groups excluding carboxylic acids is 2. The molecule has 2 amide bonds. The molecule has 0 radical (unpaired) electrons. The van der Waals surface area contributed by atoms with E-state index in [1.165, 1.54) is 0 Å². The van der Waals surface area contributed by atoms with E-state index in [1.54, 1.807) is 16.8 Å². The highest BCUT2D eigenvalue weighted by Crippen LogP contribution is 2.05. The third kappa shape index (κ3) is 2.76. The molecule has 96 valence electrons. The van der Waals surface area contributed by atoms with Crippen LogP contribution in [0.2, 0.25) is 0 Å². The summed E-state index contributed by atoms with van der Waals surface area (Å²) in [6, 6.07) is 0.204. The van der Waals surface area contributed by atoms with Gasteiger partial charge in [0.1, 0.15) is 0 Å². The molecule has 0 bridgehead atoms. The summed E-state index contributed by atoms with van der Waals surface area (Å²) in [6.45, 7) is 4.98. The van der Waals surface area contributed by atoms with Crippen LogP contribution in [0.4, 0.5) is 0 Å². The molecule has 2 aliphatic rings. The van der Waals surface area contributed by atoms with Crippen LogP contribution < -0.4 is 10.6 Å². The zero-order valence-corrected chi connectivity index (χ0v) is 10.4. The van der Waals surface area contributed by atoms with Crippen LogP contribution in [0.5, 0.6) is 0 Å². The second kappa shape index (κ2) is 5.01.